The summed E-state index contributed by atoms with van der Waals surface area (Å²) >= 11 is 0. The molecule has 1 atom stereocenters. The number of piperidine rings is 1. The maximum absolute atomic E-state index is 13.0. The van der Waals surface area contributed by atoms with Crippen molar-refractivity contribution in [1.82, 2.24) is 19.3 Å². The average molecular weight is 392 g/mol. The topological polar surface area (TPSA) is 85.1 Å². The Morgan fingerprint density at radius 3 is 2.59 bits per heavy atom. The van der Waals surface area contributed by atoms with Gasteiger partial charge < -0.3 is 10.2 Å². The van der Waals surface area contributed by atoms with Crippen molar-refractivity contribution >= 4 is 17.5 Å². The van der Waals surface area contributed by atoms with Crippen molar-refractivity contribution in [2.75, 3.05) is 23.3 Å². The predicted molar refractivity (Wildman–Crippen MR) is 111 cm³/mol. The molecule has 4 rings (SSSR count). The van der Waals surface area contributed by atoms with Crippen LogP contribution in [0.3, 0.4) is 0 Å². The molecule has 1 fully saturated rings. The zero-order valence-corrected chi connectivity index (χ0v) is 16.6. The molecule has 1 unspecified atom stereocenters. The molecule has 1 aliphatic rings. The third kappa shape index (κ3) is 3.65. The number of nitrogens with one attached hydrogen (secondary N) is 1. The molecule has 8 nitrogen and oxygen atoms in total. The number of amides is 1. The van der Waals surface area contributed by atoms with E-state index in [2.05, 4.69) is 15.3 Å². The van der Waals surface area contributed by atoms with Gasteiger partial charge in [0.05, 0.1) is 17.3 Å². The van der Waals surface area contributed by atoms with Crippen molar-refractivity contribution < 1.29 is 4.79 Å². The second-order valence-corrected chi connectivity index (χ2v) is 7.26. The van der Waals surface area contributed by atoms with Crippen molar-refractivity contribution in [3.8, 4) is 5.69 Å². The third-order valence-electron chi connectivity index (χ3n) is 5.43. The molecule has 1 aliphatic heterocycles. The van der Waals surface area contributed by atoms with Crippen LogP contribution in [0.1, 0.15) is 18.5 Å². The fourth-order valence-corrected chi connectivity index (χ4v) is 3.76. The molecule has 0 radical (unpaired) electrons. The predicted octanol–water partition coefficient (Wildman–Crippen LogP) is 2.13. The molecular formula is C21H24N6O2. The van der Waals surface area contributed by atoms with Gasteiger partial charge in [0.25, 0.3) is 5.56 Å². The fraction of sp³-hybridized carbons (Fsp3) is 0.333. The summed E-state index contributed by atoms with van der Waals surface area (Å²) in [6, 6.07) is 11.2. The van der Waals surface area contributed by atoms with Crippen molar-refractivity contribution in [2.45, 2.75) is 19.8 Å². The van der Waals surface area contributed by atoms with Gasteiger partial charge in [0.1, 0.15) is 5.69 Å². The summed E-state index contributed by atoms with van der Waals surface area (Å²) in [6.07, 6.45) is 5.04. The summed E-state index contributed by atoms with van der Waals surface area (Å²) in [4.78, 5) is 36.6. The number of anilines is 2. The van der Waals surface area contributed by atoms with Crippen molar-refractivity contribution in [1.29, 1.82) is 0 Å². The summed E-state index contributed by atoms with van der Waals surface area (Å²) in [5.41, 5.74) is 1.57. The van der Waals surface area contributed by atoms with Gasteiger partial charge >= 0.3 is 0 Å². The molecule has 1 saturated heterocycles. The Kier molecular flexibility index (Phi) is 5.16. The van der Waals surface area contributed by atoms with Crippen LogP contribution in [-0.2, 0) is 11.8 Å². The van der Waals surface area contributed by atoms with E-state index in [-0.39, 0.29) is 17.4 Å². The SMILES string of the molecule is Cc1c(NC(=O)C2CCCN(c3ncccn3)C2)c(=O)n(-c2ccccc2)n1C. The van der Waals surface area contributed by atoms with Crippen molar-refractivity contribution in [2.24, 2.45) is 13.0 Å². The van der Waals surface area contributed by atoms with E-state index < -0.39 is 0 Å². The lowest BCUT2D eigenvalue weighted by Gasteiger charge is -2.31. The molecule has 0 saturated carbocycles. The number of carbonyl (C=O) groups excluding carboxylic acids is 1. The van der Waals surface area contributed by atoms with Gasteiger partial charge in [0.15, 0.2) is 0 Å². The number of para-hydroxylation sites is 1. The first-order valence-electron chi connectivity index (χ1n) is 9.73. The Balaban J connectivity index is 1.55. The Bertz CT molecular complexity index is 1060. The number of nitrogens with zero attached hydrogens (tertiary/aromatic N) is 5. The highest BCUT2D eigenvalue weighted by Crippen LogP contribution is 2.22. The normalized spacial score (nSPS) is 16.6. The molecule has 1 aromatic carbocycles. The highest BCUT2D eigenvalue weighted by atomic mass is 16.2. The van der Waals surface area contributed by atoms with Gasteiger partial charge in [-0.2, -0.15) is 0 Å². The van der Waals surface area contributed by atoms with Crippen LogP contribution in [0.25, 0.3) is 5.69 Å². The Morgan fingerprint density at radius 2 is 1.86 bits per heavy atom. The molecule has 3 heterocycles. The van der Waals surface area contributed by atoms with Crippen LogP contribution in [-0.4, -0.2) is 38.3 Å². The minimum Gasteiger partial charge on any atom is -0.340 e. The molecule has 0 aliphatic carbocycles. The average Bonchev–Trinajstić information content (AvgIpc) is 2.98. The van der Waals surface area contributed by atoms with Gasteiger partial charge in [-0.3, -0.25) is 14.3 Å². The van der Waals surface area contributed by atoms with Crippen LogP contribution in [0.4, 0.5) is 11.6 Å². The van der Waals surface area contributed by atoms with E-state index in [0.29, 0.717) is 23.9 Å². The van der Waals surface area contributed by atoms with Crippen molar-refractivity contribution in [3.05, 3.63) is 64.8 Å². The van der Waals surface area contributed by atoms with Gasteiger partial charge in [0, 0.05) is 32.5 Å². The van der Waals surface area contributed by atoms with Crippen LogP contribution in [0, 0.1) is 12.8 Å². The molecule has 0 spiro atoms. The minimum absolute atomic E-state index is 0.142. The van der Waals surface area contributed by atoms with E-state index >= 15 is 0 Å². The molecule has 1 amide bonds. The van der Waals surface area contributed by atoms with E-state index in [9.17, 15) is 9.59 Å². The summed E-state index contributed by atoms with van der Waals surface area (Å²) in [5, 5.41) is 2.89. The molecule has 3 aromatic rings. The first-order chi connectivity index (χ1) is 14.1. The zero-order valence-electron chi connectivity index (χ0n) is 16.6. The van der Waals surface area contributed by atoms with E-state index in [0.717, 1.165) is 25.1 Å². The fourth-order valence-electron chi connectivity index (χ4n) is 3.76. The lowest BCUT2D eigenvalue weighted by molar-refractivity contribution is -0.120. The maximum atomic E-state index is 13.0. The summed E-state index contributed by atoms with van der Waals surface area (Å²) < 4.78 is 3.33. The highest BCUT2D eigenvalue weighted by molar-refractivity contribution is 5.93. The Labute approximate surface area is 168 Å². The molecule has 29 heavy (non-hydrogen) atoms. The number of hydrogen-bond donors (Lipinski definition) is 1. The third-order valence-corrected chi connectivity index (χ3v) is 5.43. The van der Waals surface area contributed by atoms with Gasteiger partial charge in [-0.25, -0.2) is 14.6 Å². The number of carbonyl (C=O) groups is 1. The lowest BCUT2D eigenvalue weighted by Crippen LogP contribution is -2.42. The van der Waals surface area contributed by atoms with E-state index in [1.807, 2.05) is 49.2 Å². The molecular weight excluding hydrogens is 368 g/mol. The van der Waals surface area contributed by atoms with Crippen LogP contribution in [0.5, 0.6) is 0 Å². The van der Waals surface area contributed by atoms with Crippen LogP contribution in [0.15, 0.2) is 53.6 Å². The highest BCUT2D eigenvalue weighted by Gasteiger charge is 2.29. The first kappa shape index (κ1) is 18.9. The number of rotatable bonds is 4. The summed E-state index contributed by atoms with van der Waals surface area (Å²) in [5.74, 6) is 0.265. The number of benzene rings is 1. The lowest BCUT2D eigenvalue weighted by atomic mass is 9.97. The summed E-state index contributed by atoms with van der Waals surface area (Å²) in [6.45, 7) is 3.19. The van der Waals surface area contributed by atoms with E-state index in [1.54, 1.807) is 27.8 Å². The minimum atomic E-state index is -0.233. The zero-order chi connectivity index (χ0) is 20.4. The van der Waals surface area contributed by atoms with Crippen molar-refractivity contribution in [3.63, 3.8) is 0 Å². The molecule has 2 aromatic heterocycles. The van der Waals surface area contributed by atoms with Crippen LogP contribution < -0.4 is 15.8 Å². The number of aromatic nitrogens is 4. The largest absolute Gasteiger partial charge is 0.340 e. The summed E-state index contributed by atoms with van der Waals surface area (Å²) in [7, 11) is 1.81. The van der Waals surface area contributed by atoms with Gasteiger partial charge in [-0.05, 0) is 38.0 Å². The molecule has 1 N–H and O–H groups in total. The van der Waals surface area contributed by atoms with Crippen LogP contribution >= 0.6 is 0 Å². The quantitative estimate of drug-likeness (QED) is 0.735. The van der Waals surface area contributed by atoms with E-state index in [4.69, 9.17) is 0 Å². The smallest absolute Gasteiger partial charge is 0.295 e. The first-order valence-corrected chi connectivity index (χ1v) is 9.73. The Morgan fingerprint density at radius 1 is 1.14 bits per heavy atom. The maximum Gasteiger partial charge on any atom is 0.295 e. The molecule has 150 valence electrons. The second-order valence-electron chi connectivity index (χ2n) is 7.26. The Hall–Kier alpha value is -3.42. The monoisotopic (exact) mass is 392 g/mol. The standard InChI is InChI=1S/C21H24N6O2/c1-15-18(20(29)27(25(15)2)17-9-4-3-5-10-17)24-19(28)16-8-6-13-26(14-16)21-22-11-7-12-23-21/h3-5,7,9-12,16H,6,8,13-14H2,1-2H3,(H,24,28). The molecule has 8 heteroatoms. The van der Waals surface area contributed by atoms with E-state index in [1.165, 1.54) is 0 Å². The van der Waals surface area contributed by atoms with Gasteiger partial charge in [-0.15, -0.1) is 0 Å². The molecule has 0 bridgehead atoms. The van der Waals surface area contributed by atoms with Gasteiger partial charge in [0.2, 0.25) is 11.9 Å². The second kappa shape index (κ2) is 7.90. The number of hydrogen-bond acceptors (Lipinski definition) is 5. The van der Waals surface area contributed by atoms with Crippen LogP contribution in [0.2, 0.25) is 0 Å². The van der Waals surface area contributed by atoms with Gasteiger partial charge in [-0.1, -0.05) is 18.2 Å².